The van der Waals surface area contributed by atoms with Crippen molar-refractivity contribution in [1.29, 1.82) is 0 Å². The van der Waals surface area contributed by atoms with E-state index < -0.39 is 5.41 Å². The highest BCUT2D eigenvalue weighted by Crippen LogP contribution is 2.54. The molecule has 0 saturated carbocycles. The Hall–Kier alpha value is -3.41. The molecular formula is C24H24N4O2. The van der Waals surface area contributed by atoms with Crippen molar-refractivity contribution in [3.8, 4) is 0 Å². The number of carbonyl (C=O) groups excluding carboxylic acids is 2. The first-order chi connectivity index (χ1) is 14.6. The van der Waals surface area contributed by atoms with Crippen LogP contribution in [-0.4, -0.2) is 33.0 Å². The predicted molar refractivity (Wildman–Crippen MR) is 114 cm³/mol. The third-order valence-electron chi connectivity index (χ3n) is 6.38. The van der Waals surface area contributed by atoms with Gasteiger partial charge in [-0.25, -0.2) is 0 Å². The molecule has 0 bridgehead atoms. The molecule has 1 spiro atoms. The average Bonchev–Trinajstić information content (AvgIpc) is 3.43. The molecule has 1 N–H and O–H groups in total. The summed E-state index contributed by atoms with van der Waals surface area (Å²) in [7, 11) is 0. The Morgan fingerprint density at radius 2 is 1.90 bits per heavy atom. The zero-order valence-corrected chi connectivity index (χ0v) is 17.1. The molecule has 2 aliphatic rings. The highest BCUT2D eigenvalue weighted by molar-refractivity contribution is 6.08. The summed E-state index contributed by atoms with van der Waals surface area (Å²) < 4.78 is 1.74. The van der Waals surface area contributed by atoms with Gasteiger partial charge in [0.05, 0.1) is 11.7 Å². The summed E-state index contributed by atoms with van der Waals surface area (Å²) in [5.74, 6) is -0.117. The lowest BCUT2D eigenvalue weighted by Gasteiger charge is -2.34. The smallest absolute Gasteiger partial charge is 0.272 e. The van der Waals surface area contributed by atoms with Gasteiger partial charge in [-0.1, -0.05) is 48.5 Å². The molecule has 152 valence electrons. The molecule has 3 aromatic rings. The molecule has 3 heterocycles. The van der Waals surface area contributed by atoms with Crippen LogP contribution in [0.4, 0.5) is 5.69 Å². The van der Waals surface area contributed by atoms with Crippen molar-refractivity contribution >= 4 is 17.5 Å². The minimum Gasteiger partial charge on any atom is -0.329 e. The van der Waals surface area contributed by atoms with Crippen LogP contribution in [0.5, 0.6) is 0 Å². The molecule has 1 fully saturated rings. The van der Waals surface area contributed by atoms with Gasteiger partial charge in [0.2, 0.25) is 5.91 Å². The van der Waals surface area contributed by atoms with Crippen molar-refractivity contribution in [2.75, 3.05) is 11.9 Å². The number of aromatic nitrogens is 2. The number of aryl methyl sites for hydroxylation is 2. The normalized spacial score (nSPS) is 22.4. The number of amides is 2. The average molecular weight is 400 g/mol. The predicted octanol–water partition coefficient (Wildman–Crippen LogP) is 3.69. The van der Waals surface area contributed by atoms with E-state index in [1.54, 1.807) is 4.68 Å². The number of para-hydroxylation sites is 1. The summed E-state index contributed by atoms with van der Waals surface area (Å²) in [5, 5.41) is 7.51. The van der Waals surface area contributed by atoms with E-state index in [0.717, 1.165) is 22.5 Å². The van der Waals surface area contributed by atoms with E-state index >= 15 is 0 Å². The number of hydrogen-bond acceptors (Lipinski definition) is 3. The molecule has 1 aromatic heterocycles. The summed E-state index contributed by atoms with van der Waals surface area (Å²) >= 11 is 0. The van der Waals surface area contributed by atoms with Crippen LogP contribution in [0.3, 0.4) is 0 Å². The molecule has 5 rings (SSSR count). The number of fused-ring (bicyclic) bond motifs is 2. The summed E-state index contributed by atoms with van der Waals surface area (Å²) in [5.41, 5.74) is 3.37. The lowest BCUT2D eigenvalue weighted by molar-refractivity contribution is -0.121. The highest BCUT2D eigenvalue weighted by atomic mass is 16.2. The Morgan fingerprint density at radius 1 is 1.17 bits per heavy atom. The van der Waals surface area contributed by atoms with Crippen LogP contribution in [0.25, 0.3) is 0 Å². The van der Waals surface area contributed by atoms with Crippen LogP contribution in [0.1, 0.15) is 46.7 Å². The molecular weight excluding hydrogens is 376 g/mol. The Kier molecular flexibility index (Phi) is 4.24. The first-order valence-electron chi connectivity index (χ1n) is 10.4. The van der Waals surface area contributed by atoms with Gasteiger partial charge in [-0.15, -0.1) is 0 Å². The lowest BCUT2D eigenvalue weighted by Crippen LogP contribution is -2.43. The van der Waals surface area contributed by atoms with Gasteiger partial charge in [-0.05, 0) is 43.5 Å². The molecule has 6 heteroatoms. The highest BCUT2D eigenvalue weighted by Gasteiger charge is 2.59. The van der Waals surface area contributed by atoms with Gasteiger partial charge in [0.1, 0.15) is 11.1 Å². The summed E-state index contributed by atoms with van der Waals surface area (Å²) in [6, 6.07) is 19.2. The molecule has 1 saturated heterocycles. The molecule has 2 atom stereocenters. The van der Waals surface area contributed by atoms with Gasteiger partial charge in [0.15, 0.2) is 0 Å². The fourth-order valence-electron chi connectivity index (χ4n) is 5.11. The van der Waals surface area contributed by atoms with Crippen molar-refractivity contribution in [1.82, 2.24) is 14.7 Å². The molecule has 0 unspecified atom stereocenters. The number of anilines is 1. The molecule has 2 amide bonds. The van der Waals surface area contributed by atoms with Crippen LogP contribution in [0.2, 0.25) is 0 Å². The van der Waals surface area contributed by atoms with E-state index in [-0.39, 0.29) is 17.9 Å². The van der Waals surface area contributed by atoms with E-state index in [0.29, 0.717) is 25.2 Å². The van der Waals surface area contributed by atoms with Gasteiger partial charge < -0.3 is 10.2 Å². The summed E-state index contributed by atoms with van der Waals surface area (Å²) in [4.78, 5) is 29.0. The van der Waals surface area contributed by atoms with E-state index in [9.17, 15) is 9.59 Å². The zero-order chi connectivity index (χ0) is 20.9. The monoisotopic (exact) mass is 400 g/mol. The minimum absolute atomic E-state index is 0.0342. The SMILES string of the molecule is CCn1nc(C)cc1C(=O)N1CC[C@]2(C(=O)Nc3ccccc32)[C@@H]1c1ccccc1. The van der Waals surface area contributed by atoms with Gasteiger partial charge in [-0.3, -0.25) is 14.3 Å². The zero-order valence-electron chi connectivity index (χ0n) is 17.1. The first-order valence-corrected chi connectivity index (χ1v) is 10.4. The molecule has 2 aromatic carbocycles. The Morgan fingerprint density at radius 3 is 2.67 bits per heavy atom. The first kappa shape index (κ1) is 18.6. The number of carbonyl (C=O) groups is 2. The van der Waals surface area contributed by atoms with Crippen LogP contribution in [-0.2, 0) is 16.8 Å². The Labute approximate surface area is 175 Å². The van der Waals surface area contributed by atoms with Crippen LogP contribution >= 0.6 is 0 Å². The van der Waals surface area contributed by atoms with Crippen molar-refractivity contribution in [3.63, 3.8) is 0 Å². The van der Waals surface area contributed by atoms with Crippen LogP contribution in [0, 0.1) is 6.92 Å². The van der Waals surface area contributed by atoms with Gasteiger partial charge in [-0.2, -0.15) is 5.10 Å². The summed E-state index contributed by atoms with van der Waals surface area (Å²) in [6.45, 7) is 5.00. The van der Waals surface area contributed by atoms with Gasteiger partial charge in [0, 0.05) is 18.8 Å². The third kappa shape index (κ3) is 2.53. The maximum absolute atomic E-state index is 13.7. The topological polar surface area (TPSA) is 67.2 Å². The maximum atomic E-state index is 13.7. The number of benzene rings is 2. The second kappa shape index (κ2) is 6.83. The third-order valence-corrected chi connectivity index (χ3v) is 6.38. The Bertz CT molecular complexity index is 1140. The van der Waals surface area contributed by atoms with Gasteiger partial charge >= 0.3 is 0 Å². The number of likely N-dealkylation sites (tertiary alicyclic amines) is 1. The van der Waals surface area contributed by atoms with Crippen LogP contribution in [0.15, 0.2) is 60.7 Å². The van der Waals surface area contributed by atoms with Crippen LogP contribution < -0.4 is 5.32 Å². The molecule has 6 nitrogen and oxygen atoms in total. The van der Waals surface area contributed by atoms with Crippen molar-refractivity contribution < 1.29 is 9.59 Å². The minimum atomic E-state index is -0.792. The van der Waals surface area contributed by atoms with E-state index in [1.165, 1.54) is 0 Å². The second-order valence-electron chi connectivity index (χ2n) is 8.02. The second-order valence-corrected chi connectivity index (χ2v) is 8.02. The van der Waals surface area contributed by atoms with E-state index in [4.69, 9.17) is 0 Å². The maximum Gasteiger partial charge on any atom is 0.272 e. The number of nitrogens with zero attached hydrogens (tertiary/aromatic N) is 3. The van der Waals surface area contributed by atoms with Gasteiger partial charge in [0.25, 0.3) is 5.91 Å². The van der Waals surface area contributed by atoms with E-state index in [2.05, 4.69) is 10.4 Å². The quantitative estimate of drug-likeness (QED) is 0.729. The standard InChI is InChI=1S/C24H24N4O2/c1-3-28-20(15-16(2)26-28)22(29)27-14-13-24(21(27)17-9-5-4-6-10-17)18-11-7-8-12-19(18)25-23(24)30/h4-12,15,21H,3,13-14H2,1-2H3,(H,25,30)/t21-,24+/m0/s1. The molecule has 2 aliphatic heterocycles. The molecule has 0 aliphatic carbocycles. The summed E-state index contributed by atoms with van der Waals surface area (Å²) in [6.07, 6.45) is 0.584. The number of rotatable bonds is 3. The molecule has 0 radical (unpaired) electrons. The molecule has 30 heavy (non-hydrogen) atoms. The number of hydrogen-bond donors (Lipinski definition) is 1. The Balaban J connectivity index is 1.67. The van der Waals surface area contributed by atoms with Crippen molar-refractivity contribution in [3.05, 3.63) is 83.2 Å². The van der Waals surface area contributed by atoms with Crippen molar-refractivity contribution in [2.24, 2.45) is 0 Å². The largest absolute Gasteiger partial charge is 0.329 e. The van der Waals surface area contributed by atoms with E-state index in [1.807, 2.05) is 79.4 Å². The van der Waals surface area contributed by atoms with Crippen molar-refractivity contribution in [2.45, 2.75) is 38.3 Å². The fourth-order valence-corrected chi connectivity index (χ4v) is 5.11. The lowest BCUT2D eigenvalue weighted by atomic mass is 9.72. The fraction of sp³-hybridized carbons (Fsp3) is 0.292. The number of nitrogens with one attached hydrogen (secondary N) is 1.